The number of alkyl halides is 6. The molecule has 1 aliphatic carbocycles. The van der Waals surface area contributed by atoms with E-state index in [0.717, 1.165) is 23.4 Å². The van der Waals surface area contributed by atoms with Gasteiger partial charge in [0.25, 0.3) is 0 Å². The van der Waals surface area contributed by atoms with Gasteiger partial charge >= 0.3 is 24.3 Å². The van der Waals surface area contributed by atoms with Gasteiger partial charge in [0.15, 0.2) is 0 Å². The third kappa shape index (κ3) is 6.52. The maximum atomic E-state index is 14.4. The number of aryl methyl sites for hydroxylation is 1. The van der Waals surface area contributed by atoms with Gasteiger partial charge in [0.2, 0.25) is 0 Å². The van der Waals surface area contributed by atoms with Crippen LogP contribution in [-0.2, 0) is 22.4 Å². The molecule has 0 atom stereocenters. The fraction of sp³-hybridized carbons (Fsp3) is 0.190. The van der Waals surface area contributed by atoms with Gasteiger partial charge in [-0.25, -0.2) is 23.4 Å². The first-order valence-electron chi connectivity index (χ1n) is 9.80. The van der Waals surface area contributed by atoms with Crippen LogP contribution in [0.15, 0.2) is 24.4 Å². The van der Waals surface area contributed by atoms with Crippen LogP contribution in [0.25, 0.3) is 22.4 Å². The Morgan fingerprint density at radius 1 is 0.974 bits per heavy atom. The zero-order valence-corrected chi connectivity index (χ0v) is 18.4. The number of carboxylic acid groups (broad SMARTS) is 2. The van der Waals surface area contributed by atoms with E-state index in [1.807, 2.05) is 6.07 Å². The van der Waals surface area contributed by atoms with E-state index in [9.17, 15) is 40.4 Å². The van der Waals surface area contributed by atoms with Crippen LogP contribution in [0.4, 0.5) is 40.9 Å². The monoisotopic (exact) mass is 551 g/mol. The third-order valence-corrected chi connectivity index (χ3v) is 4.73. The highest BCUT2D eigenvalue weighted by Crippen LogP contribution is 2.41. The molecule has 9 nitrogen and oxygen atoms in total. The molecule has 3 aromatic rings. The molecule has 5 N–H and O–H groups in total. The number of rotatable bonds is 1. The largest absolute Gasteiger partial charge is 0.490 e. The number of carbonyl (C=O) groups is 2. The number of anilines is 1. The summed E-state index contributed by atoms with van der Waals surface area (Å²) in [7, 11) is 0. The van der Waals surface area contributed by atoms with E-state index in [1.54, 1.807) is 6.20 Å². The van der Waals surface area contributed by atoms with Gasteiger partial charge in [0.05, 0.1) is 17.5 Å². The van der Waals surface area contributed by atoms with Gasteiger partial charge in [-0.15, -0.1) is 0 Å². The van der Waals surface area contributed by atoms with Crippen LogP contribution >= 0.6 is 0 Å². The fourth-order valence-corrected chi connectivity index (χ4v) is 3.19. The lowest BCUT2D eigenvalue weighted by atomic mass is 9.85. The number of hydrogen-bond acceptors (Lipinski definition) is 6. The molecule has 0 spiro atoms. The topological polar surface area (TPSA) is 166 Å². The molecule has 0 amide bonds. The normalized spacial score (nSPS) is 12.0. The van der Waals surface area contributed by atoms with Crippen molar-refractivity contribution in [2.45, 2.75) is 25.2 Å². The van der Waals surface area contributed by atoms with Crippen LogP contribution in [0.2, 0.25) is 0 Å². The summed E-state index contributed by atoms with van der Waals surface area (Å²) in [4.78, 5) is 22.1. The average Bonchev–Trinajstić information content (AvgIpc) is 3.28. The number of benzene rings is 1. The van der Waals surface area contributed by atoms with Gasteiger partial charge < -0.3 is 15.9 Å². The van der Waals surface area contributed by atoms with Crippen LogP contribution in [0.1, 0.15) is 16.8 Å². The van der Waals surface area contributed by atoms with Crippen LogP contribution in [-0.4, -0.2) is 49.7 Å². The molecule has 0 radical (unpaired) electrons. The molecule has 38 heavy (non-hydrogen) atoms. The molecule has 17 heteroatoms. The number of halogens is 8. The molecule has 0 saturated heterocycles. The number of aromatic nitrogens is 3. The Kier molecular flexibility index (Phi) is 8.62. The van der Waals surface area contributed by atoms with Crippen molar-refractivity contribution in [3.05, 3.63) is 52.9 Å². The summed E-state index contributed by atoms with van der Waals surface area (Å²) >= 11 is 0. The molecule has 1 aromatic carbocycles. The number of nitrogens with zero attached hydrogens (tertiary/aromatic N) is 3. The number of nitrogens with one attached hydrogen (secondary N) is 1. The maximum Gasteiger partial charge on any atom is 0.490 e. The number of nitrogen functional groups attached to an aromatic ring is 1. The van der Waals surface area contributed by atoms with E-state index in [4.69, 9.17) is 25.5 Å². The number of nitriles is 1. The third-order valence-electron chi connectivity index (χ3n) is 4.73. The van der Waals surface area contributed by atoms with E-state index < -0.39 is 35.9 Å². The smallest absolute Gasteiger partial charge is 0.475 e. The molecule has 0 unspecified atom stereocenters. The van der Waals surface area contributed by atoms with Gasteiger partial charge in [-0.1, -0.05) is 6.07 Å². The average molecular weight is 551 g/mol. The number of pyridine rings is 1. The Morgan fingerprint density at radius 3 is 1.92 bits per heavy atom. The van der Waals surface area contributed by atoms with Crippen LogP contribution in [0, 0.1) is 23.0 Å². The first kappa shape index (κ1) is 29.5. The molecule has 2 aromatic heterocycles. The van der Waals surface area contributed by atoms with Gasteiger partial charge in [-0.05, 0) is 30.5 Å². The molecule has 2 heterocycles. The lowest BCUT2D eigenvalue weighted by Crippen LogP contribution is -2.21. The van der Waals surface area contributed by atoms with Gasteiger partial charge in [0, 0.05) is 16.8 Å². The first-order chi connectivity index (χ1) is 17.5. The Morgan fingerprint density at radius 2 is 1.47 bits per heavy atom. The predicted molar refractivity (Wildman–Crippen MR) is 111 cm³/mol. The van der Waals surface area contributed by atoms with Crippen molar-refractivity contribution in [1.29, 1.82) is 5.26 Å². The molecule has 0 saturated carbocycles. The quantitative estimate of drug-likeness (QED) is 0.326. The minimum Gasteiger partial charge on any atom is -0.475 e. The zero-order chi connectivity index (χ0) is 29.0. The van der Waals surface area contributed by atoms with E-state index in [-0.39, 0.29) is 22.5 Å². The number of nitrogens with two attached hydrogens (primary N) is 1. The second-order valence-electron chi connectivity index (χ2n) is 7.15. The summed E-state index contributed by atoms with van der Waals surface area (Å²) in [6, 6.07) is 5.55. The Labute approximate surface area is 206 Å². The van der Waals surface area contributed by atoms with Crippen molar-refractivity contribution in [1.82, 2.24) is 15.2 Å². The van der Waals surface area contributed by atoms with E-state index in [2.05, 4.69) is 15.2 Å². The highest BCUT2D eigenvalue weighted by atomic mass is 19.4. The van der Waals surface area contributed by atoms with Crippen molar-refractivity contribution in [2.75, 3.05) is 5.73 Å². The number of aliphatic carboxylic acids is 2. The highest BCUT2D eigenvalue weighted by molar-refractivity contribution is 5.86. The van der Waals surface area contributed by atoms with E-state index in [0.29, 0.717) is 24.1 Å². The molecular formula is C21H13F8N5O4. The highest BCUT2D eigenvalue weighted by Gasteiger charge is 2.39. The molecule has 0 bridgehead atoms. The molecule has 0 aliphatic heterocycles. The van der Waals surface area contributed by atoms with Crippen LogP contribution in [0.5, 0.6) is 0 Å². The molecule has 0 fully saturated rings. The number of carboxylic acids is 2. The Bertz CT molecular complexity index is 1370. The zero-order valence-electron chi connectivity index (χ0n) is 18.4. The summed E-state index contributed by atoms with van der Waals surface area (Å²) in [5.74, 6) is -7.04. The van der Waals surface area contributed by atoms with Crippen molar-refractivity contribution < 1.29 is 54.9 Å². The van der Waals surface area contributed by atoms with E-state index >= 15 is 0 Å². The van der Waals surface area contributed by atoms with Crippen LogP contribution in [0.3, 0.4) is 0 Å². The summed E-state index contributed by atoms with van der Waals surface area (Å²) in [5, 5.41) is 30.6. The summed E-state index contributed by atoms with van der Waals surface area (Å²) < 4.78 is 92.2. The lowest BCUT2D eigenvalue weighted by molar-refractivity contribution is -0.193. The van der Waals surface area contributed by atoms with Crippen molar-refractivity contribution in [3.8, 4) is 28.5 Å². The van der Waals surface area contributed by atoms with Crippen molar-refractivity contribution in [2.24, 2.45) is 0 Å². The fourth-order valence-electron chi connectivity index (χ4n) is 3.19. The van der Waals surface area contributed by atoms with Crippen LogP contribution < -0.4 is 5.73 Å². The summed E-state index contributed by atoms with van der Waals surface area (Å²) in [6.45, 7) is 0. The first-order valence-corrected chi connectivity index (χ1v) is 9.80. The minimum atomic E-state index is -5.08. The van der Waals surface area contributed by atoms with Gasteiger partial charge in [-0.2, -0.15) is 36.7 Å². The summed E-state index contributed by atoms with van der Waals surface area (Å²) in [6.07, 6.45) is -7.47. The molecule has 1 aliphatic rings. The number of H-pyrrole nitrogens is 1. The second-order valence-corrected chi connectivity index (χ2v) is 7.15. The number of aromatic amines is 1. The van der Waals surface area contributed by atoms with Gasteiger partial charge in [-0.3, -0.25) is 5.10 Å². The molecular weight excluding hydrogens is 538 g/mol. The molecule has 202 valence electrons. The molecule has 4 rings (SSSR count). The standard InChI is InChI=1S/C17H11F2N5.2C2HF3O2/c18-11-2-1-3-12(19)15(11)14-8-4-5-13-10(7-22-24-13)16(8)23-17(21)9(14)6-20;2*3-2(4,5)1(6)7/h1-3,7H,4-5H2,(H2,21,23)(H,22,24);2*(H,6,7). The van der Waals surface area contributed by atoms with Crippen molar-refractivity contribution >= 4 is 17.8 Å². The number of hydrogen-bond donors (Lipinski definition) is 4. The Hall–Kier alpha value is -4.75. The Balaban J connectivity index is 0.000000301. The number of fused-ring (bicyclic) bond motifs is 3. The van der Waals surface area contributed by atoms with E-state index in [1.165, 1.54) is 6.07 Å². The maximum absolute atomic E-state index is 14.4. The minimum absolute atomic E-state index is 0.00954. The second kappa shape index (κ2) is 11.1. The van der Waals surface area contributed by atoms with Crippen molar-refractivity contribution in [3.63, 3.8) is 0 Å². The predicted octanol–water partition coefficient (Wildman–Crippen LogP) is 4.24. The summed E-state index contributed by atoms with van der Waals surface area (Å²) in [5.41, 5.74) is 8.59. The SMILES string of the molecule is N#Cc1c(N)nc2c(c1-c1c(F)cccc1F)CCc1[nH]ncc1-2.O=C(O)C(F)(F)F.O=C(O)C(F)(F)F. The lowest BCUT2D eigenvalue weighted by Gasteiger charge is -2.21. The van der Waals surface area contributed by atoms with Gasteiger partial charge in [0.1, 0.15) is 29.1 Å².